The van der Waals surface area contributed by atoms with E-state index in [1.54, 1.807) is 18.5 Å². The number of halogens is 2. The predicted molar refractivity (Wildman–Crippen MR) is 116 cm³/mol. The largest absolute Gasteiger partial charge is 0.360 e. The molecule has 4 aromatic rings. The van der Waals surface area contributed by atoms with E-state index >= 15 is 0 Å². The molecule has 0 fully saturated rings. The summed E-state index contributed by atoms with van der Waals surface area (Å²) in [5, 5.41) is 3.48. The minimum absolute atomic E-state index is 0.136. The first-order chi connectivity index (χ1) is 15.1. The summed E-state index contributed by atoms with van der Waals surface area (Å²) in [5.74, 6) is 0.0276. The summed E-state index contributed by atoms with van der Waals surface area (Å²) in [5.41, 5.74) is 4.73. The van der Waals surface area contributed by atoms with Crippen molar-refractivity contribution in [3.05, 3.63) is 83.6 Å². The van der Waals surface area contributed by atoms with Crippen LogP contribution in [-0.2, 0) is 6.54 Å². The highest BCUT2D eigenvalue weighted by atomic mass is 19.1. The molecule has 0 saturated carbocycles. The van der Waals surface area contributed by atoms with Crippen LogP contribution in [0.2, 0.25) is 0 Å². The predicted octanol–water partition coefficient (Wildman–Crippen LogP) is 4.88. The number of benzene rings is 2. The smallest absolute Gasteiger partial charge is 0.182 e. The van der Waals surface area contributed by atoms with Crippen molar-refractivity contribution < 1.29 is 8.78 Å². The van der Waals surface area contributed by atoms with Crippen LogP contribution < -0.4 is 10.2 Å². The molecule has 8 heteroatoms. The minimum atomic E-state index is -0.321. The number of nitrogens with zero attached hydrogens (tertiary/aromatic N) is 4. The molecule has 0 saturated heterocycles. The van der Waals surface area contributed by atoms with Gasteiger partial charge >= 0.3 is 0 Å². The highest BCUT2D eigenvalue weighted by molar-refractivity contribution is 5.82. The highest BCUT2D eigenvalue weighted by Crippen LogP contribution is 2.34. The van der Waals surface area contributed by atoms with Gasteiger partial charge in [-0.25, -0.2) is 23.7 Å². The summed E-state index contributed by atoms with van der Waals surface area (Å²) >= 11 is 0. The molecule has 1 aliphatic rings. The van der Waals surface area contributed by atoms with Gasteiger partial charge < -0.3 is 15.2 Å². The standard InChI is InChI=1S/C23H20F2N6/c1-2-19(30-23-21-22(27-12-26-21)28-13-29-23)20-9-14-6-7-17(25)8-15(14)11-31(20)18-5-3-4-16(24)10-18/h3-10,12-13,19H,2,11H2,1H3,(H2,26,27,28,29,30). The summed E-state index contributed by atoms with van der Waals surface area (Å²) in [6.07, 6.45) is 5.81. The summed E-state index contributed by atoms with van der Waals surface area (Å²) in [7, 11) is 0. The molecule has 31 heavy (non-hydrogen) atoms. The highest BCUT2D eigenvalue weighted by Gasteiger charge is 2.26. The Bertz CT molecular complexity index is 1280. The lowest BCUT2D eigenvalue weighted by atomic mass is 9.96. The van der Waals surface area contributed by atoms with E-state index in [4.69, 9.17) is 0 Å². The molecule has 2 aromatic heterocycles. The van der Waals surface area contributed by atoms with E-state index < -0.39 is 0 Å². The lowest BCUT2D eigenvalue weighted by molar-refractivity contribution is 0.621. The van der Waals surface area contributed by atoms with E-state index in [1.807, 2.05) is 17.0 Å². The topological polar surface area (TPSA) is 69.7 Å². The third-order valence-corrected chi connectivity index (χ3v) is 5.47. The number of aromatic amines is 1. The van der Waals surface area contributed by atoms with Crippen molar-refractivity contribution in [1.29, 1.82) is 0 Å². The van der Waals surface area contributed by atoms with Crippen LogP contribution in [0.1, 0.15) is 24.5 Å². The maximum absolute atomic E-state index is 14.0. The van der Waals surface area contributed by atoms with Gasteiger partial charge in [0.05, 0.1) is 12.4 Å². The van der Waals surface area contributed by atoms with Crippen molar-refractivity contribution in [2.75, 3.05) is 10.2 Å². The molecule has 0 amide bonds. The molecule has 1 aliphatic heterocycles. The van der Waals surface area contributed by atoms with Crippen molar-refractivity contribution in [1.82, 2.24) is 19.9 Å². The molecule has 156 valence electrons. The number of anilines is 2. The van der Waals surface area contributed by atoms with Gasteiger partial charge in [-0.15, -0.1) is 0 Å². The first-order valence-corrected chi connectivity index (χ1v) is 10.1. The number of hydrogen-bond donors (Lipinski definition) is 2. The second-order valence-corrected chi connectivity index (χ2v) is 7.41. The molecular weight excluding hydrogens is 398 g/mol. The number of rotatable bonds is 5. The fourth-order valence-electron chi connectivity index (χ4n) is 3.95. The maximum Gasteiger partial charge on any atom is 0.182 e. The van der Waals surface area contributed by atoms with Crippen molar-refractivity contribution >= 4 is 28.7 Å². The Morgan fingerprint density at radius 1 is 1.10 bits per heavy atom. The number of aromatic nitrogens is 4. The van der Waals surface area contributed by atoms with E-state index in [1.165, 1.54) is 30.6 Å². The van der Waals surface area contributed by atoms with Gasteiger partial charge in [0.1, 0.15) is 23.5 Å². The molecule has 3 heterocycles. The van der Waals surface area contributed by atoms with Crippen LogP contribution in [0.5, 0.6) is 0 Å². The SMILES string of the molecule is CCC(Nc1ncnc2nc[nH]c12)C1=Cc2ccc(F)cc2CN1c1cccc(F)c1. The van der Waals surface area contributed by atoms with E-state index in [0.29, 0.717) is 23.7 Å². The Labute approximate surface area is 177 Å². The van der Waals surface area contributed by atoms with Crippen LogP contribution in [0, 0.1) is 11.6 Å². The molecule has 0 spiro atoms. The molecule has 0 aliphatic carbocycles. The zero-order valence-electron chi connectivity index (χ0n) is 16.8. The Morgan fingerprint density at radius 2 is 1.97 bits per heavy atom. The zero-order valence-corrected chi connectivity index (χ0v) is 16.8. The molecule has 1 atom stereocenters. The Balaban J connectivity index is 1.59. The van der Waals surface area contributed by atoms with Crippen LogP contribution in [0.4, 0.5) is 20.3 Å². The third-order valence-electron chi connectivity index (χ3n) is 5.47. The number of H-pyrrole nitrogens is 1. The molecule has 5 rings (SSSR count). The van der Waals surface area contributed by atoms with Crippen LogP contribution in [0.15, 0.2) is 60.8 Å². The molecule has 0 bridgehead atoms. The second kappa shape index (κ2) is 7.79. The molecule has 6 nitrogen and oxygen atoms in total. The van der Waals surface area contributed by atoms with Crippen LogP contribution >= 0.6 is 0 Å². The van der Waals surface area contributed by atoms with Crippen molar-refractivity contribution in [2.24, 2.45) is 0 Å². The van der Waals surface area contributed by atoms with E-state index in [9.17, 15) is 8.78 Å². The third kappa shape index (κ3) is 3.61. The monoisotopic (exact) mass is 418 g/mol. The van der Waals surface area contributed by atoms with Gasteiger partial charge in [0.2, 0.25) is 0 Å². The summed E-state index contributed by atoms with van der Waals surface area (Å²) < 4.78 is 27.9. The Kier molecular flexibility index (Phi) is 4.82. The lowest BCUT2D eigenvalue weighted by Crippen LogP contribution is -2.36. The molecule has 2 N–H and O–H groups in total. The van der Waals surface area contributed by atoms with Gasteiger partial charge in [-0.1, -0.05) is 19.1 Å². The molecule has 0 radical (unpaired) electrons. The lowest BCUT2D eigenvalue weighted by Gasteiger charge is -2.36. The van der Waals surface area contributed by atoms with Crippen molar-refractivity contribution in [2.45, 2.75) is 25.9 Å². The van der Waals surface area contributed by atoms with Gasteiger partial charge in [-0.05, 0) is 54.0 Å². The van der Waals surface area contributed by atoms with Crippen molar-refractivity contribution in [3.8, 4) is 0 Å². The number of hydrogen-bond acceptors (Lipinski definition) is 5. The Hall–Kier alpha value is -3.81. The number of fused-ring (bicyclic) bond motifs is 2. The zero-order chi connectivity index (χ0) is 21.4. The fraction of sp³-hybridized carbons (Fsp3) is 0.174. The average molecular weight is 418 g/mol. The van der Waals surface area contributed by atoms with E-state index in [-0.39, 0.29) is 17.7 Å². The first-order valence-electron chi connectivity index (χ1n) is 10.1. The van der Waals surface area contributed by atoms with E-state index in [2.05, 4.69) is 32.2 Å². The Morgan fingerprint density at radius 3 is 2.81 bits per heavy atom. The van der Waals surface area contributed by atoms with Gasteiger partial charge in [0.15, 0.2) is 11.5 Å². The van der Waals surface area contributed by atoms with Crippen LogP contribution in [0.3, 0.4) is 0 Å². The van der Waals surface area contributed by atoms with Gasteiger partial charge in [0, 0.05) is 17.9 Å². The second-order valence-electron chi connectivity index (χ2n) is 7.41. The summed E-state index contributed by atoms with van der Waals surface area (Å²) in [4.78, 5) is 17.8. The maximum atomic E-state index is 14.0. The fourth-order valence-corrected chi connectivity index (χ4v) is 3.95. The molecular formula is C23H20F2N6. The van der Waals surface area contributed by atoms with Crippen LogP contribution in [-0.4, -0.2) is 26.0 Å². The summed E-state index contributed by atoms with van der Waals surface area (Å²) in [6.45, 7) is 2.50. The van der Waals surface area contributed by atoms with Crippen LogP contribution in [0.25, 0.3) is 17.2 Å². The van der Waals surface area contributed by atoms with Crippen molar-refractivity contribution in [3.63, 3.8) is 0 Å². The normalized spacial score (nSPS) is 14.3. The molecule has 2 aromatic carbocycles. The van der Waals surface area contributed by atoms with Gasteiger partial charge in [-0.3, -0.25) is 0 Å². The quantitative estimate of drug-likeness (QED) is 0.483. The first kappa shape index (κ1) is 19.2. The number of imidazole rings is 1. The number of nitrogens with one attached hydrogen (secondary N) is 2. The summed E-state index contributed by atoms with van der Waals surface area (Å²) in [6, 6.07) is 11.1. The van der Waals surface area contributed by atoms with E-state index in [0.717, 1.165) is 28.8 Å². The molecule has 1 unspecified atom stereocenters. The van der Waals surface area contributed by atoms with Gasteiger partial charge in [-0.2, -0.15) is 0 Å². The average Bonchev–Trinajstić information content (AvgIpc) is 3.26. The van der Waals surface area contributed by atoms with Gasteiger partial charge in [0.25, 0.3) is 0 Å². The minimum Gasteiger partial charge on any atom is -0.360 e.